The van der Waals surface area contributed by atoms with E-state index in [1.165, 1.54) is 26.0 Å². The van der Waals surface area contributed by atoms with Crippen molar-refractivity contribution in [1.82, 2.24) is 16.0 Å². The van der Waals surface area contributed by atoms with Gasteiger partial charge in [0, 0.05) is 12.0 Å². The number of benzene rings is 2. The number of carbonyl (C=O) groups excluding carboxylic acids is 1. The number of hydrogen-bond acceptors (Lipinski definition) is 5. The summed E-state index contributed by atoms with van der Waals surface area (Å²) in [7, 11) is 0. The Kier molecular flexibility index (Phi) is 8.18. The van der Waals surface area contributed by atoms with Crippen LogP contribution < -0.4 is 16.0 Å². The molecule has 0 aliphatic heterocycles. The molecule has 0 bridgehead atoms. The van der Waals surface area contributed by atoms with Crippen molar-refractivity contribution in [3.8, 4) is 23.4 Å². The van der Waals surface area contributed by atoms with Crippen molar-refractivity contribution in [1.29, 1.82) is 10.5 Å². The minimum absolute atomic E-state index is 0.138. The van der Waals surface area contributed by atoms with Gasteiger partial charge in [-0.05, 0) is 56.2 Å². The Bertz CT molecular complexity index is 1330. The average molecular weight is 555 g/mol. The van der Waals surface area contributed by atoms with Gasteiger partial charge in [0.2, 0.25) is 5.91 Å². The van der Waals surface area contributed by atoms with Crippen LogP contribution in [0, 0.1) is 22.8 Å². The van der Waals surface area contributed by atoms with Crippen LogP contribution in [0.25, 0.3) is 11.1 Å². The van der Waals surface area contributed by atoms with E-state index in [2.05, 4.69) is 20.9 Å². The molecular weight excluding hydrogens is 524 g/mol. The third-order valence-electron chi connectivity index (χ3n) is 6.80. The third-order valence-corrected chi connectivity index (χ3v) is 6.80. The van der Waals surface area contributed by atoms with Crippen LogP contribution in [-0.2, 0) is 4.79 Å². The summed E-state index contributed by atoms with van der Waals surface area (Å²) in [5, 5.41) is 25.7. The summed E-state index contributed by atoms with van der Waals surface area (Å²) in [6.07, 6.45) is -0.648. The van der Waals surface area contributed by atoms with E-state index in [0.717, 1.165) is 24.0 Å². The van der Waals surface area contributed by atoms with Crippen molar-refractivity contribution in [2.75, 3.05) is 0 Å². The van der Waals surface area contributed by atoms with Gasteiger partial charge >= 0.3 is 6.18 Å². The number of aliphatic imine (C=N–C) groups is 1. The van der Waals surface area contributed by atoms with E-state index in [0.29, 0.717) is 24.2 Å². The lowest BCUT2D eigenvalue weighted by molar-refractivity contribution is -0.161. The van der Waals surface area contributed by atoms with E-state index in [1.807, 2.05) is 12.3 Å². The monoisotopic (exact) mass is 554 g/mol. The van der Waals surface area contributed by atoms with E-state index in [4.69, 9.17) is 5.26 Å². The number of nitriles is 2. The molecule has 2 aromatic carbocycles. The van der Waals surface area contributed by atoms with Crippen LogP contribution in [0.2, 0.25) is 0 Å². The van der Waals surface area contributed by atoms with Crippen LogP contribution in [0.1, 0.15) is 63.1 Å². The molecule has 0 heterocycles. The number of nitrogens with one attached hydrogen (secondary N) is 3. The minimum Gasteiger partial charge on any atom is -0.336 e. The van der Waals surface area contributed by atoms with Gasteiger partial charge < -0.3 is 5.32 Å². The van der Waals surface area contributed by atoms with Gasteiger partial charge in [-0.15, -0.1) is 0 Å². The van der Waals surface area contributed by atoms with Crippen LogP contribution in [0.4, 0.5) is 17.6 Å². The molecule has 0 spiro atoms. The maximum absolute atomic E-state index is 14.5. The average Bonchev–Trinajstić information content (AvgIpc) is 3.83. The summed E-state index contributed by atoms with van der Waals surface area (Å²) in [4.78, 5) is 17.3. The standard InChI is InChI=1S/C29H30F4N6O/c1-27(2,30)15-23(26(40)39-28(16-34)13-14-28)38-24(29(31,32)33)20-7-3-18(4-8-20)19-5-9-21(10-6-19)25(36-17-35)37-22-11-12-22/h3-10,22-24,38H,11-15H2,1-2H3,(H,36,37)(H,39,40)/t23-,24-/m0/s1. The second-order valence-corrected chi connectivity index (χ2v) is 10.9. The Hall–Kier alpha value is -3.96. The van der Waals surface area contributed by atoms with Gasteiger partial charge in [-0.2, -0.15) is 23.7 Å². The van der Waals surface area contributed by atoms with Gasteiger partial charge in [0.25, 0.3) is 0 Å². The quantitative estimate of drug-likeness (QED) is 0.123. The summed E-state index contributed by atoms with van der Waals surface area (Å²) in [5.41, 5.74) is -1.04. The zero-order valence-corrected chi connectivity index (χ0v) is 22.1. The molecule has 0 unspecified atom stereocenters. The second-order valence-electron chi connectivity index (χ2n) is 10.9. The molecule has 2 aromatic rings. The normalized spacial score (nSPS) is 18.1. The van der Waals surface area contributed by atoms with Crippen molar-refractivity contribution >= 4 is 11.7 Å². The van der Waals surface area contributed by atoms with Crippen molar-refractivity contribution < 1.29 is 22.4 Å². The summed E-state index contributed by atoms with van der Waals surface area (Å²) < 4.78 is 57.1. The van der Waals surface area contributed by atoms with Crippen LogP contribution >= 0.6 is 0 Å². The summed E-state index contributed by atoms with van der Waals surface area (Å²) in [5.74, 6) is -0.366. The Balaban J connectivity index is 1.54. The minimum atomic E-state index is -4.78. The Labute approximate surface area is 230 Å². The molecule has 2 fully saturated rings. The topological polar surface area (TPSA) is 113 Å². The van der Waals surface area contributed by atoms with E-state index < -0.39 is 41.8 Å². The van der Waals surface area contributed by atoms with Crippen molar-refractivity contribution in [2.24, 2.45) is 4.99 Å². The number of amides is 1. The third kappa shape index (κ3) is 7.57. The van der Waals surface area contributed by atoms with Crippen LogP contribution in [0.3, 0.4) is 0 Å². The molecule has 2 atom stereocenters. The van der Waals surface area contributed by atoms with Crippen molar-refractivity contribution in [3.05, 3.63) is 59.7 Å². The number of nitrogens with zero attached hydrogens (tertiary/aromatic N) is 3. The molecular formula is C29H30F4N6O. The first-order valence-corrected chi connectivity index (χ1v) is 13.0. The van der Waals surface area contributed by atoms with Gasteiger partial charge in [-0.3, -0.25) is 20.4 Å². The molecule has 0 radical (unpaired) electrons. The molecule has 0 aromatic heterocycles. The van der Waals surface area contributed by atoms with Crippen molar-refractivity contribution in [2.45, 2.75) is 81.5 Å². The number of alkyl halides is 4. The number of hydrogen-bond donors (Lipinski definition) is 3. The first-order valence-electron chi connectivity index (χ1n) is 13.0. The molecule has 2 saturated carbocycles. The highest BCUT2D eigenvalue weighted by Crippen LogP contribution is 2.37. The number of halogens is 4. The second kappa shape index (κ2) is 11.3. The van der Waals surface area contributed by atoms with Gasteiger partial charge in [-0.1, -0.05) is 48.5 Å². The molecule has 210 valence electrons. The van der Waals surface area contributed by atoms with Crippen LogP contribution in [0.15, 0.2) is 53.5 Å². The highest BCUT2D eigenvalue weighted by molar-refractivity contribution is 6.00. The smallest absolute Gasteiger partial charge is 0.336 e. The lowest BCUT2D eigenvalue weighted by Gasteiger charge is -2.30. The van der Waals surface area contributed by atoms with Gasteiger partial charge in [0.1, 0.15) is 23.1 Å². The number of amidine groups is 1. The zero-order chi connectivity index (χ0) is 29.1. The van der Waals surface area contributed by atoms with Crippen LogP contribution in [-0.4, -0.2) is 41.2 Å². The Morgan fingerprint density at radius 2 is 1.60 bits per heavy atom. The van der Waals surface area contributed by atoms with E-state index in [-0.39, 0.29) is 11.6 Å². The molecule has 0 saturated heterocycles. The number of rotatable bonds is 10. The molecule has 40 heavy (non-hydrogen) atoms. The van der Waals surface area contributed by atoms with Crippen LogP contribution in [0.5, 0.6) is 0 Å². The summed E-state index contributed by atoms with van der Waals surface area (Å²) in [6, 6.07) is 11.3. The fourth-order valence-corrected chi connectivity index (χ4v) is 4.31. The first kappa shape index (κ1) is 29.0. The predicted octanol–water partition coefficient (Wildman–Crippen LogP) is 5.21. The fourth-order valence-electron chi connectivity index (χ4n) is 4.31. The maximum atomic E-state index is 14.5. The van der Waals surface area contributed by atoms with Gasteiger partial charge in [0.05, 0.1) is 18.2 Å². The van der Waals surface area contributed by atoms with Crippen molar-refractivity contribution in [3.63, 3.8) is 0 Å². The van der Waals surface area contributed by atoms with E-state index in [1.54, 1.807) is 36.4 Å². The number of carbonyl (C=O) groups is 1. The van der Waals surface area contributed by atoms with E-state index in [9.17, 15) is 27.6 Å². The molecule has 3 N–H and O–H groups in total. The Morgan fingerprint density at radius 1 is 1.02 bits per heavy atom. The Morgan fingerprint density at radius 3 is 2.05 bits per heavy atom. The van der Waals surface area contributed by atoms with Gasteiger partial charge in [0.15, 0.2) is 6.19 Å². The molecule has 7 nitrogen and oxygen atoms in total. The first-order chi connectivity index (χ1) is 18.8. The maximum Gasteiger partial charge on any atom is 0.407 e. The molecule has 2 aliphatic rings. The largest absolute Gasteiger partial charge is 0.407 e. The van der Waals surface area contributed by atoms with E-state index >= 15 is 0 Å². The fraction of sp³-hybridized carbons (Fsp3) is 0.448. The molecule has 11 heteroatoms. The highest BCUT2D eigenvalue weighted by atomic mass is 19.4. The predicted molar refractivity (Wildman–Crippen MR) is 141 cm³/mol. The lowest BCUT2D eigenvalue weighted by Crippen LogP contribution is -2.53. The summed E-state index contributed by atoms with van der Waals surface area (Å²) in [6.45, 7) is 2.37. The molecule has 2 aliphatic carbocycles. The SMILES string of the molecule is CC(C)(F)C[C@H](N[C@@H](c1ccc(-c2ccc(C(=NC3CC3)NC#N)cc2)cc1)C(F)(F)F)C(=O)NC1(C#N)CC1. The highest BCUT2D eigenvalue weighted by Gasteiger charge is 2.48. The lowest BCUT2D eigenvalue weighted by atomic mass is 9.96. The molecule has 4 rings (SSSR count). The molecule has 1 amide bonds. The summed E-state index contributed by atoms with van der Waals surface area (Å²) >= 11 is 0. The zero-order valence-electron chi connectivity index (χ0n) is 22.1. The van der Waals surface area contributed by atoms with Gasteiger partial charge in [-0.25, -0.2) is 4.39 Å².